The Morgan fingerprint density at radius 3 is 2.84 bits per heavy atom. The average Bonchev–Trinajstić information content (AvgIpc) is 3.02. The van der Waals surface area contributed by atoms with E-state index in [1.165, 1.54) is 5.56 Å². The molecule has 0 unspecified atom stereocenters. The van der Waals surface area contributed by atoms with Gasteiger partial charge in [0.05, 0.1) is 5.56 Å². The van der Waals surface area contributed by atoms with E-state index in [0.717, 1.165) is 25.3 Å². The van der Waals surface area contributed by atoms with E-state index in [1.807, 2.05) is 29.6 Å². The number of thiophene rings is 1. The zero-order chi connectivity index (χ0) is 13.4. The van der Waals surface area contributed by atoms with Gasteiger partial charge < -0.3 is 10.3 Å². The predicted octanol–water partition coefficient (Wildman–Crippen LogP) is 4.57. The van der Waals surface area contributed by atoms with Gasteiger partial charge in [-0.1, -0.05) is 29.4 Å². The Morgan fingerprint density at radius 2 is 2.11 bits per heavy atom. The van der Waals surface area contributed by atoms with E-state index in [0.29, 0.717) is 5.82 Å². The molecule has 3 rings (SSSR count). The van der Waals surface area contributed by atoms with Crippen molar-refractivity contribution in [2.75, 3.05) is 5.73 Å². The van der Waals surface area contributed by atoms with Gasteiger partial charge in [-0.3, -0.25) is 0 Å². The second kappa shape index (κ2) is 4.97. The molecule has 0 spiro atoms. The molecule has 2 heterocycles. The lowest BCUT2D eigenvalue weighted by Gasteiger charge is -2.05. The van der Waals surface area contributed by atoms with Crippen molar-refractivity contribution in [2.24, 2.45) is 0 Å². The molecule has 0 fully saturated rings. The number of halogens is 1. The number of anilines is 1. The van der Waals surface area contributed by atoms with Crippen LogP contribution in [0, 0.1) is 10.5 Å². The Balaban J connectivity index is 2.25. The summed E-state index contributed by atoms with van der Waals surface area (Å²) in [6, 6.07) is 10.2. The van der Waals surface area contributed by atoms with Gasteiger partial charge in [0.1, 0.15) is 0 Å². The van der Waals surface area contributed by atoms with Crippen molar-refractivity contribution in [3.8, 4) is 21.8 Å². The summed E-state index contributed by atoms with van der Waals surface area (Å²) in [6.45, 7) is 2.08. The highest BCUT2D eigenvalue weighted by molar-refractivity contribution is 14.1. The van der Waals surface area contributed by atoms with Crippen LogP contribution in [-0.4, -0.2) is 5.16 Å². The van der Waals surface area contributed by atoms with Crippen LogP contribution in [0.5, 0.6) is 0 Å². The minimum atomic E-state index is 0.440. The molecule has 0 aliphatic rings. The number of rotatable bonds is 2. The molecule has 2 aromatic heterocycles. The van der Waals surface area contributed by atoms with Crippen LogP contribution in [-0.2, 0) is 0 Å². The first-order valence-corrected chi connectivity index (χ1v) is 7.69. The van der Waals surface area contributed by atoms with Crippen LogP contribution >= 0.6 is 33.9 Å². The topological polar surface area (TPSA) is 52.0 Å². The molecule has 0 atom stereocenters. The summed E-state index contributed by atoms with van der Waals surface area (Å²) in [6.07, 6.45) is 0. The van der Waals surface area contributed by atoms with Gasteiger partial charge in [-0.25, -0.2) is 0 Å². The molecule has 0 amide bonds. The van der Waals surface area contributed by atoms with Gasteiger partial charge in [-0.05, 0) is 46.5 Å². The number of nitrogens with zero attached hydrogens (tertiary/aromatic N) is 1. The number of hydrogen-bond acceptors (Lipinski definition) is 4. The second-order valence-corrected chi connectivity index (χ2v) is 6.21. The van der Waals surface area contributed by atoms with Crippen molar-refractivity contribution >= 4 is 39.7 Å². The van der Waals surface area contributed by atoms with Gasteiger partial charge in [0.2, 0.25) is 0 Å². The summed E-state index contributed by atoms with van der Waals surface area (Å²) in [7, 11) is 0. The molecule has 0 saturated carbocycles. The molecule has 0 bridgehead atoms. The van der Waals surface area contributed by atoms with Crippen molar-refractivity contribution < 1.29 is 4.52 Å². The Hall–Kier alpha value is -1.34. The minimum Gasteiger partial charge on any atom is -0.380 e. The Morgan fingerprint density at radius 1 is 1.26 bits per heavy atom. The van der Waals surface area contributed by atoms with Crippen molar-refractivity contribution in [3.05, 3.63) is 44.8 Å². The van der Waals surface area contributed by atoms with Gasteiger partial charge in [0, 0.05) is 14.0 Å². The third kappa shape index (κ3) is 2.17. The Labute approximate surface area is 128 Å². The smallest absolute Gasteiger partial charge is 0.178 e. The van der Waals surface area contributed by atoms with Crippen LogP contribution < -0.4 is 5.73 Å². The maximum Gasteiger partial charge on any atom is 0.178 e. The van der Waals surface area contributed by atoms with E-state index in [1.54, 1.807) is 11.3 Å². The first-order valence-electron chi connectivity index (χ1n) is 5.73. The summed E-state index contributed by atoms with van der Waals surface area (Å²) in [5.74, 6) is 1.18. The number of benzene rings is 1. The molecule has 0 aliphatic carbocycles. The maximum absolute atomic E-state index is 5.96. The van der Waals surface area contributed by atoms with Gasteiger partial charge in [0.15, 0.2) is 11.6 Å². The van der Waals surface area contributed by atoms with Crippen molar-refractivity contribution in [1.82, 2.24) is 5.16 Å². The van der Waals surface area contributed by atoms with E-state index in [9.17, 15) is 0 Å². The monoisotopic (exact) mass is 382 g/mol. The van der Waals surface area contributed by atoms with E-state index < -0.39 is 0 Å². The highest BCUT2D eigenvalue weighted by atomic mass is 127. The van der Waals surface area contributed by atoms with Crippen LogP contribution in [0.3, 0.4) is 0 Å². The third-order valence-electron chi connectivity index (χ3n) is 2.92. The van der Waals surface area contributed by atoms with Crippen LogP contribution in [0.1, 0.15) is 5.56 Å². The molecule has 0 aliphatic heterocycles. The first-order chi connectivity index (χ1) is 9.18. The Bertz CT molecular complexity index is 719. The zero-order valence-corrected chi connectivity index (χ0v) is 13.2. The largest absolute Gasteiger partial charge is 0.380 e. The summed E-state index contributed by atoms with van der Waals surface area (Å²) in [5.41, 5.74) is 9.09. The number of aromatic nitrogens is 1. The molecular formula is C14H11IN2OS. The van der Waals surface area contributed by atoms with Crippen LogP contribution in [0.4, 0.5) is 5.82 Å². The number of nitrogens with two attached hydrogens (primary N) is 1. The standard InChI is InChI=1S/C14H11IN2OS/c1-8-4-2-5-9(12(8)15)13-11(14(16)17-18-13)10-6-3-7-19-10/h2-7H,1H3,(H2,16,17). The molecular weight excluding hydrogens is 371 g/mol. The van der Waals surface area contributed by atoms with Crippen molar-refractivity contribution in [1.29, 1.82) is 0 Å². The fraction of sp³-hybridized carbons (Fsp3) is 0.0714. The lowest BCUT2D eigenvalue weighted by Crippen LogP contribution is -1.89. The third-order valence-corrected chi connectivity index (χ3v) is 5.24. The molecule has 1 aromatic carbocycles. The molecule has 19 heavy (non-hydrogen) atoms. The Kier molecular flexibility index (Phi) is 3.32. The zero-order valence-electron chi connectivity index (χ0n) is 10.2. The fourth-order valence-electron chi connectivity index (χ4n) is 1.97. The molecule has 5 heteroatoms. The highest BCUT2D eigenvalue weighted by Gasteiger charge is 2.20. The normalized spacial score (nSPS) is 10.8. The van der Waals surface area contributed by atoms with Gasteiger partial charge in [0.25, 0.3) is 0 Å². The quantitative estimate of drug-likeness (QED) is 0.661. The maximum atomic E-state index is 5.96. The highest BCUT2D eigenvalue weighted by Crippen LogP contribution is 2.40. The van der Waals surface area contributed by atoms with Gasteiger partial charge >= 0.3 is 0 Å². The van der Waals surface area contributed by atoms with Crippen LogP contribution in [0.25, 0.3) is 21.8 Å². The number of hydrogen-bond donors (Lipinski definition) is 1. The summed E-state index contributed by atoms with van der Waals surface area (Å²) in [5, 5.41) is 5.95. The summed E-state index contributed by atoms with van der Waals surface area (Å²) < 4.78 is 6.63. The van der Waals surface area contributed by atoms with Gasteiger partial charge in [-0.15, -0.1) is 11.3 Å². The minimum absolute atomic E-state index is 0.440. The average molecular weight is 382 g/mol. The van der Waals surface area contributed by atoms with E-state index in [2.05, 4.69) is 40.7 Å². The molecule has 0 radical (unpaired) electrons. The van der Waals surface area contributed by atoms with E-state index in [-0.39, 0.29) is 0 Å². The van der Waals surface area contributed by atoms with Crippen molar-refractivity contribution in [3.63, 3.8) is 0 Å². The molecule has 2 N–H and O–H groups in total. The summed E-state index contributed by atoms with van der Waals surface area (Å²) in [4.78, 5) is 1.08. The molecule has 3 aromatic rings. The predicted molar refractivity (Wildman–Crippen MR) is 87.1 cm³/mol. The van der Waals surface area contributed by atoms with E-state index >= 15 is 0 Å². The number of aryl methyl sites for hydroxylation is 1. The SMILES string of the molecule is Cc1cccc(-c2onc(N)c2-c2cccs2)c1I. The number of nitrogen functional groups attached to an aromatic ring is 1. The van der Waals surface area contributed by atoms with Gasteiger partial charge in [-0.2, -0.15) is 0 Å². The second-order valence-electron chi connectivity index (χ2n) is 4.19. The molecule has 3 nitrogen and oxygen atoms in total. The lowest BCUT2D eigenvalue weighted by atomic mass is 10.1. The molecule has 0 saturated heterocycles. The fourth-order valence-corrected chi connectivity index (χ4v) is 3.35. The summed E-state index contributed by atoms with van der Waals surface area (Å²) >= 11 is 3.96. The van der Waals surface area contributed by atoms with Crippen LogP contribution in [0.15, 0.2) is 40.2 Å². The van der Waals surface area contributed by atoms with Crippen LogP contribution in [0.2, 0.25) is 0 Å². The molecule has 96 valence electrons. The first kappa shape index (κ1) is 12.7. The van der Waals surface area contributed by atoms with Crippen molar-refractivity contribution in [2.45, 2.75) is 6.92 Å². The van der Waals surface area contributed by atoms with E-state index in [4.69, 9.17) is 10.3 Å². The lowest BCUT2D eigenvalue weighted by molar-refractivity contribution is 0.436.